The molecule has 1 saturated heterocycles. The number of carbonyl (C=O) groups is 1. The standard InChI is InChI=1S/C13H26N2O/c1-4-15(12-6-5-9-14-10-12)13(16)8-7-11(2)3/h11-12,14H,4-10H2,1-3H3. The number of hydrogen-bond acceptors (Lipinski definition) is 2. The molecule has 1 aliphatic rings. The molecule has 1 heterocycles. The molecule has 0 bridgehead atoms. The summed E-state index contributed by atoms with van der Waals surface area (Å²) in [4.78, 5) is 14.1. The van der Waals surface area contributed by atoms with Crippen LogP contribution in [0.5, 0.6) is 0 Å². The molecular weight excluding hydrogens is 200 g/mol. The number of carbonyl (C=O) groups excluding carboxylic acids is 1. The number of nitrogens with zero attached hydrogens (tertiary/aromatic N) is 1. The molecule has 0 aromatic carbocycles. The molecule has 16 heavy (non-hydrogen) atoms. The summed E-state index contributed by atoms with van der Waals surface area (Å²) in [6.07, 6.45) is 4.07. The highest BCUT2D eigenvalue weighted by atomic mass is 16.2. The largest absolute Gasteiger partial charge is 0.339 e. The van der Waals surface area contributed by atoms with E-state index in [9.17, 15) is 4.79 Å². The van der Waals surface area contributed by atoms with E-state index in [0.29, 0.717) is 24.3 Å². The van der Waals surface area contributed by atoms with Crippen molar-refractivity contribution in [1.82, 2.24) is 10.2 Å². The molecule has 1 rings (SSSR count). The normalized spacial score (nSPS) is 21.1. The van der Waals surface area contributed by atoms with Gasteiger partial charge in [-0.15, -0.1) is 0 Å². The zero-order valence-corrected chi connectivity index (χ0v) is 11.0. The Bertz CT molecular complexity index is 210. The SMILES string of the molecule is CCN(C(=O)CCC(C)C)C1CCCNC1. The van der Waals surface area contributed by atoms with Crippen molar-refractivity contribution >= 4 is 5.91 Å². The summed E-state index contributed by atoms with van der Waals surface area (Å²) in [5, 5.41) is 3.38. The molecule has 1 amide bonds. The highest BCUT2D eigenvalue weighted by molar-refractivity contribution is 5.76. The molecule has 3 heteroatoms. The van der Waals surface area contributed by atoms with Gasteiger partial charge in [-0.3, -0.25) is 4.79 Å². The first-order chi connectivity index (χ1) is 7.65. The molecule has 1 atom stereocenters. The van der Waals surface area contributed by atoms with Crippen molar-refractivity contribution in [3.63, 3.8) is 0 Å². The smallest absolute Gasteiger partial charge is 0.222 e. The van der Waals surface area contributed by atoms with Crippen LogP contribution < -0.4 is 5.32 Å². The molecule has 1 fully saturated rings. The van der Waals surface area contributed by atoms with E-state index in [-0.39, 0.29) is 0 Å². The van der Waals surface area contributed by atoms with Crippen LogP contribution in [0.15, 0.2) is 0 Å². The number of rotatable bonds is 5. The molecule has 1 aliphatic heterocycles. The van der Waals surface area contributed by atoms with Crippen molar-refractivity contribution in [2.45, 2.75) is 52.5 Å². The number of nitrogens with one attached hydrogen (secondary N) is 1. The topological polar surface area (TPSA) is 32.3 Å². The van der Waals surface area contributed by atoms with Crippen molar-refractivity contribution in [1.29, 1.82) is 0 Å². The first-order valence-corrected chi connectivity index (χ1v) is 6.65. The van der Waals surface area contributed by atoms with Crippen LogP contribution in [-0.4, -0.2) is 36.5 Å². The van der Waals surface area contributed by atoms with Crippen molar-refractivity contribution in [2.75, 3.05) is 19.6 Å². The Kier molecular flexibility index (Phi) is 5.81. The summed E-state index contributed by atoms with van der Waals surface area (Å²) in [6.45, 7) is 9.36. The van der Waals surface area contributed by atoms with E-state index in [4.69, 9.17) is 0 Å². The quantitative estimate of drug-likeness (QED) is 0.778. The Morgan fingerprint density at radius 2 is 2.25 bits per heavy atom. The van der Waals surface area contributed by atoms with Crippen molar-refractivity contribution in [3.8, 4) is 0 Å². The van der Waals surface area contributed by atoms with Crippen molar-refractivity contribution in [3.05, 3.63) is 0 Å². The minimum Gasteiger partial charge on any atom is -0.339 e. The fourth-order valence-electron chi connectivity index (χ4n) is 2.29. The fraction of sp³-hybridized carbons (Fsp3) is 0.923. The number of likely N-dealkylation sites (N-methyl/N-ethyl adjacent to an activating group) is 1. The first kappa shape index (κ1) is 13.5. The van der Waals surface area contributed by atoms with Crippen LogP contribution in [-0.2, 0) is 4.79 Å². The van der Waals surface area contributed by atoms with Gasteiger partial charge in [0.25, 0.3) is 0 Å². The molecule has 3 nitrogen and oxygen atoms in total. The summed E-state index contributed by atoms with van der Waals surface area (Å²) in [5.41, 5.74) is 0. The van der Waals surface area contributed by atoms with E-state index < -0.39 is 0 Å². The highest BCUT2D eigenvalue weighted by Crippen LogP contribution is 2.13. The minimum absolute atomic E-state index is 0.338. The molecule has 0 aromatic rings. The van der Waals surface area contributed by atoms with Crippen LogP contribution in [0, 0.1) is 5.92 Å². The molecule has 1 unspecified atom stereocenters. The summed E-state index contributed by atoms with van der Waals surface area (Å²) in [7, 11) is 0. The van der Waals surface area contributed by atoms with Gasteiger partial charge in [-0.2, -0.15) is 0 Å². The summed E-state index contributed by atoms with van der Waals surface area (Å²) >= 11 is 0. The Morgan fingerprint density at radius 1 is 1.50 bits per heavy atom. The minimum atomic E-state index is 0.338. The predicted octanol–water partition coefficient (Wildman–Crippen LogP) is 2.02. The maximum absolute atomic E-state index is 12.1. The van der Waals surface area contributed by atoms with Gasteiger partial charge in [0, 0.05) is 25.6 Å². The van der Waals surface area contributed by atoms with Gasteiger partial charge in [-0.05, 0) is 38.6 Å². The fourth-order valence-corrected chi connectivity index (χ4v) is 2.29. The number of piperidine rings is 1. The molecule has 0 aromatic heterocycles. The second-order valence-corrected chi connectivity index (χ2v) is 5.11. The maximum Gasteiger partial charge on any atom is 0.222 e. The average molecular weight is 226 g/mol. The van der Waals surface area contributed by atoms with Crippen LogP contribution in [0.2, 0.25) is 0 Å². The number of hydrogen-bond donors (Lipinski definition) is 1. The molecular formula is C13H26N2O. The van der Waals surface area contributed by atoms with Crippen LogP contribution >= 0.6 is 0 Å². The van der Waals surface area contributed by atoms with Crippen LogP contribution in [0.3, 0.4) is 0 Å². The van der Waals surface area contributed by atoms with Crippen molar-refractivity contribution < 1.29 is 4.79 Å². The molecule has 0 aliphatic carbocycles. The van der Waals surface area contributed by atoms with Crippen LogP contribution in [0.25, 0.3) is 0 Å². The lowest BCUT2D eigenvalue weighted by Gasteiger charge is -2.34. The number of amides is 1. The van der Waals surface area contributed by atoms with Crippen molar-refractivity contribution in [2.24, 2.45) is 5.92 Å². The van der Waals surface area contributed by atoms with E-state index in [1.54, 1.807) is 0 Å². The third kappa shape index (κ3) is 4.12. The van der Waals surface area contributed by atoms with E-state index in [0.717, 1.165) is 32.5 Å². The van der Waals surface area contributed by atoms with Gasteiger partial charge in [-0.1, -0.05) is 13.8 Å². The van der Waals surface area contributed by atoms with Gasteiger partial charge in [0.2, 0.25) is 5.91 Å². The monoisotopic (exact) mass is 226 g/mol. The van der Waals surface area contributed by atoms with Gasteiger partial charge in [0.15, 0.2) is 0 Å². The Labute approximate surface area is 99.6 Å². The van der Waals surface area contributed by atoms with Crippen LogP contribution in [0.4, 0.5) is 0 Å². The van der Waals surface area contributed by atoms with E-state index in [2.05, 4.69) is 31.0 Å². The first-order valence-electron chi connectivity index (χ1n) is 6.65. The molecule has 1 N–H and O–H groups in total. The van der Waals surface area contributed by atoms with Gasteiger partial charge in [0.05, 0.1) is 0 Å². The third-order valence-corrected chi connectivity index (χ3v) is 3.31. The highest BCUT2D eigenvalue weighted by Gasteiger charge is 2.23. The van der Waals surface area contributed by atoms with Crippen LogP contribution in [0.1, 0.15) is 46.5 Å². The van der Waals surface area contributed by atoms with Gasteiger partial charge in [-0.25, -0.2) is 0 Å². The van der Waals surface area contributed by atoms with Gasteiger partial charge < -0.3 is 10.2 Å². The average Bonchev–Trinajstić information content (AvgIpc) is 2.29. The zero-order chi connectivity index (χ0) is 12.0. The lowest BCUT2D eigenvalue weighted by atomic mass is 10.0. The lowest BCUT2D eigenvalue weighted by molar-refractivity contribution is -0.133. The summed E-state index contributed by atoms with van der Waals surface area (Å²) in [6, 6.07) is 0.429. The summed E-state index contributed by atoms with van der Waals surface area (Å²) in [5.74, 6) is 0.956. The molecule has 94 valence electrons. The van der Waals surface area contributed by atoms with Gasteiger partial charge in [0.1, 0.15) is 0 Å². The molecule has 0 saturated carbocycles. The van der Waals surface area contributed by atoms with E-state index in [1.807, 2.05) is 0 Å². The van der Waals surface area contributed by atoms with E-state index >= 15 is 0 Å². The Balaban J connectivity index is 2.41. The third-order valence-electron chi connectivity index (χ3n) is 3.31. The summed E-state index contributed by atoms with van der Waals surface area (Å²) < 4.78 is 0. The lowest BCUT2D eigenvalue weighted by Crippen LogP contribution is -2.48. The zero-order valence-electron chi connectivity index (χ0n) is 11.0. The predicted molar refractivity (Wildman–Crippen MR) is 67.4 cm³/mol. The maximum atomic E-state index is 12.1. The van der Waals surface area contributed by atoms with E-state index in [1.165, 1.54) is 6.42 Å². The molecule has 0 spiro atoms. The molecule has 0 radical (unpaired) electrons. The Morgan fingerprint density at radius 3 is 2.75 bits per heavy atom. The van der Waals surface area contributed by atoms with Gasteiger partial charge >= 0.3 is 0 Å². The Hall–Kier alpha value is -0.570. The second kappa shape index (κ2) is 6.89. The second-order valence-electron chi connectivity index (χ2n) is 5.11.